The van der Waals surface area contributed by atoms with Gasteiger partial charge in [0, 0.05) is 29.0 Å². The number of rotatable bonds is 7. The topological polar surface area (TPSA) is 58.9 Å². The molecule has 0 bridgehead atoms. The first-order chi connectivity index (χ1) is 12.7. The second-order valence-electron chi connectivity index (χ2n) is 5.37. The number of esters is 1. The quantitative estimate of drug-likeness (QED) is 0.416. The fourth-order valence-electron chi connectivity index (χ4n) is 2.10. The molecule has 4 nitrogen and oxygen atoms in total. The predicted octanol–water partition coefficient (Wildman–Crippen LogP) is 5.11. The molecule has 0 amide bonds. The Bertz CT molecular complexity index is 702. The summed E-state index contributed by atoms with van der Waals surface area (Å²) >= 11 is 1.69. The molecular weight excluding hydrogens is 346 g/mol. The first-order valence-electron chi connectivity index (χ1n) is 8.66. The first-order valence-corrected chi connectivity index (χ1v) is 9.54. The number of aliphatic hydroxyl groups excluding tert-OH is 1. The van der Waals surface area contributed by atoms with Gasteiger partial charge in [0.25, 0.3) is 0 Å². The molecule has 0 fully saturated rings. The van der Waals surface area contributed by atoms with Gasteiger partial charge in [0.15, 0.2) is 0 Å². The van der Waals surface area contributed by atoms with Gasteiger partial charge in [-0.1, -0.05) is 44.2 Å². The smallest absolute Gasteiger partial charge is 0.339 e. The molecule has 140 valence electrons. The van der Waals surface area contributed by atoms with Crippen molar-refractivity contribution in [3.63, 3.8) is 0 Å². The average Bonchev–Trinajstić information content (AvgIpc) is 2.69. The number of ether oxygens (including phenoxy) is 1. The van der Waals surface area contributed by atoms with E-state index in [-0.39, 0.29) is 5.97 Å². The van der Waals surface area contributed by atoms with Crippen LogP contribution in [0.4, 0.5) is 5.69 Å². The maximum atomic E-state index is 12.3. The van der Waals surface area contributed by atoms with E-state index in [1.54, 1.807) is 11.8 Å². The third-order valence-electron chi connectivity index (χ3n) is 3.54. The zero-order chi connectivity index (χ0) is 19.4. The van der Waals surface area contributed by atoms with Gasteiger partial charge in [0.2, 0.25) is 0 Å². The van der Waals surface area contributed by atoms with Crippen molar-refractivity contribution < 1.29 is 14.6 Å². The highest BCUT2D eigenvalue weighted by Gasteiger charge is 2.17. The Morgan fingerprint density at radius 2 is 1.85 bits per heavy atom. The molecule has 26 heavy (non-hydrogen) atoms. The highest BCUT2D eigenvalue weighted by atomic mass is 32.2. The number of aliphatic hydroxyl groups is 1. The molecule has 0 radical (unpaired) electrons. The number of aliphatic imine (C=N–C) groups is 1. The molecular formula is C21H27NO3S. The van der Waals surface area contributed by atoms with Crippen LogP contribution in [0, 0.1) is 0 Å². The van der Waals surface area contributed by atoms with Gasteiger partial charge in [-0.2, -0.15) is 0 Å². The van der Waals surface area contributed by atoms with Crippen LogP contribution in [0.2, 0.25) is 0 Å². The maximum Gasteiger partial charge on any atom is 0.339 e. The highest BCUT2D eigenvalue weighted by molar-refractivity contribution is 8.00. The first kappa shape index (κ1) is 21.9. The standard InChI is InChI=1S/C20H23NO2S.CH4O/c1-4-15(3)24-19-16(14-21-17-11-7-6-8-12-17)10-9-13-18(19)20(22)23-5-2;1-2/h6-15H,4-5H2,1-3H3;2H,1H3. The Kier molecular flexibility index (Phi) is 10.4. The van der Waals surface area contributed by atoms with Crippen LogP contribution in [-0.2, 0) is 4.74 Å². The van der Waals surface area contributed by atoms with Crippen molar-refractivity contribution in [3.8, 4) is 0 Å². The number of benzene rings is 2. The third-order valence-corrected chi connectivity index (χ3v) is 4.97. The van der Waals surface area contributed by atoms with Gasteiger partial charge in [-0.3, -0.25) is 4.99 Å². The van der Waals surface area contributed by atoms with Crippen LogP contribution >= 0.6 is 11.8 Å². The number of nitrogens with zero attached hydrogens (tertiary/aromatic N) is 1. The van der Waals surface area contributed by atoms with Gasteiger partial charge < -0.3 is 9.84 Å². The minimum Gasteiger partial charge on any atom is -0.462 e. The van der Waals surface area contributed by atoms with Crippen molar-refractivity contribution in [2.45, 2.75) is 37.3 Å². The molecule has 0 aliphatic heterocycles. The summed E-state index contributed by atoms with van der Waals surface area (Å²) in [5.74, 6) is -0.279. The van der Waals surface area contributed by atoms with Gasteiger partial charge in [-0.15, -0.1) is 11.8 Å². The van der Waals surface area contributed by atoms with E-state index < -0.39 is 0 Å². The molecule has 1 N–H and O–H groups in total. The Morgan fingerprint density at radius 1 is 1.15 bits per heavy atom. The van der Waals surface area contributed by atoms with Crippen LogP contribution in [0.5, 0.6) is 0 Å². The van der Waals surface area contributed by atoms with Crippen LogP contribution in [0.15, 0.2) is 58.4 Å². The van der Waals surface area contributed by atoms with Gasteiger partial charge in [0.05, 0.1) is 17.9 Å². The normalized spacial score (nSPS) is 11.6. The van der Waals surface area contributed by atoms with Gasteiger partial charge >= 0.3 is 5.97 Å². The monoisotopic (exact) mass is 373 g/mol. The summed E-state index contributed by atoms with van der Waals surface area (Å²) in [5.41, 5.74) is 2.44. The molecule has 2 rings (SSSR count). The lowest BCUT2D eigenvalue weighted by atomic mass is 10.1. The molecule has 0 aromatic heterocycles. The SMILES string of the molecule is CCOC(=O)c1cccc(C=Nc2ccccc2)c1SC(C)CC.CO. The molecule has 0 spiro atoms. The molecule has 2 aromatic rings. The summed E-state index contributed by atoms with van der Waals surface area (Å²) in [6, 6.07) is 15.5. The molecule has 0 saturated heterocycles. The molecule has 0 heterocycles. The van der Waals surface area contributed by atoms with Gasteiger partial charge in [-0.05, 0) is 31.5 Å². The fourth-order valence-corrected chi connectivity index (χ4v) is 3.20. The van der Waals surface area contributed by atoms with E-state index in [0.29, 0.717) is 17.4 Å². The van der Waals surface area contributed by atoms with E-state index in [4.69, 9.17) is 9.84 Å². The van der Waals surface area contributed by atoms with Crippen molar-refractivity contribution in [2.75, 3.05) is 13.7 Å². The summed E-state index contributed by atoms with van der Waals surface area (Å²) in [4.78, 5) is 17.7. The van der Waals surface area contributed by atoms with Gasteiger partial charge in [0.1, 0.15) is 0 Å². The molecule has 1 atom stereocenters. The number of hydrogen-bond acceptors (Lipinski definition) is 5. The fraction of sp³-hybridized carbons (Fsp3) is 0.333. The molecule has 1 unspecified atom stereocenters. The molecule has 0 aliphatic carbocycles. The van der Waals surface area contributed by atoms with Crippen LogP contribution in [-0.4, -0.2) is 36.3 Å². The lowest BCUT2D eigenvalue weighted by Gasteiger charge is -2.15. The van der Waals surface area contributed by atoms with Crippen molar-refractivity contribution in [3.05, 3.63) is 59.7 Å². The summed E-state index contributed by atoms with van der Waals surface area (Å²) in [5, 5.41) is 7.41. The van der Waals surface area contributed by atoms with Crippen molar-refractivity contribution >= 4 is 29.6 Å². The van der Waals surface area contributed by atoms with E-state index >= 15 is 0 Å². The number of carbonyl (C=O) groups excluding carboxylic acids is 1. The second-order valence-corrected chi connectivity index (χ2v) is 6.82. The predicted molar refractivity (Wildman–Crippen MR) is 110 cm³/mol. The molecule has 5 heteroatoms. The van der Waals surface area contributed by atoms with Crippen LogP contribution in [0.3, 0.4) is 0 Å². The number of hydrogen-bond donors (Lipinski definition) is 1. The van der Waals surface area contributed by atoms with E-state index in [0.717, 1.165) is 29.7 Å². The number of para-hydroxylation sites is 1. The van der Waals surface area contributed by atoms with E-state index in [9.17, 15) is 4.79 Å². The summed E-state index contributed by atoms with van der Waals surface area (Å²) in [6.07, 6.45) is 2.85. The molecule has 0 saturated carbocycles. The van der Waals surface area contributed by atoms with Crippen molar-refractivity contribution in [1.82, 2.24) is 0 Å². The van der Waals surface area contributed by atoms with Crippen molar-refractivity contribution in [2.24, 2.45) is 4.99 Å². The zero-order valence-electron chi connectivity index (χ0n) is 15.8. The highest BCUT2D eigenvalue weighted by Crippen LogP contribution is 2.32. The minimum absolute atomic E-state index is 0.279. The zero-order valence-corrected chi connectivity index (χ0v) is 16.6. The van der Waals surface area contributed by atoms with Crippen LogP contribution < -0.4 is 0 Å². The minimum atomic E-state index is -0.279. The summed E-state index contributed by atoms with van der Waals surface area (Å²) in [6.45, 7) is 6.49. The largest absolute Gasteiger partial charge is 0.462 e. The third kappa shape index (κ3) is 6.65. The summed E-state index contributed by atoms with van der Waals surface area (Å²) < 4.78 is 5.20. The lowest BCUT2D eigenvalue weighted by Crippen LogP contribution is -2.09. The molecule has 2 aromatic carbocycles. The maximum absolute atomic E-state index is 12.3. The number of carbonyl (C=O) groups is 1. The average molecular weight is 374 g/mol. The Hall–Kier alpha value is -2.11. The van der Waals surface area contributed by atoms with E-state index in [2.05, 4.69) is 18.8 Å². The van der Waals surface area contributed by atoms with E-state index in [1.807, 2.05) is 61.7 Å². The lowest BCUT2D eigenvalue weighted by molar-refractivity contribution is 0.0522. The van der Waals surface area contributed by atoms with E-state index in [1.165, 1.54) is 0 Å². The Morgan fingerprint density at radius 3 is 2.46 bits per heavy atom. The Balaban J connectivity index is 0.00000163. The molecule has 0 aliphatic rings. The number of thioether (sulfide) groups is 1. The van der Waals surface area contributed by atoms with Crippen LogP contribution in [0.25, 0.3) is 0 Å². The Labute approximate surface area is 160 Å². The summed E-state index contributed by atoms with van der Waals surface area (Å²) in [7, 11) is 1.00. The second kappa shape index (κ2) is 12.3. The van der Waals surface area contributed by atoms with Crippen LogP contribution in [0.1, 0.15) is 43.1 Å². The van der Waals surface area contributed by atoms with Gasteiger partial charge in [-0.25, -0.2) is 4.79 Å². The van der Waals surface area contributed by atoms with Crippen molar-refractivity contribution in [1.29, 1.82) is 0 Å².